The second kappa shape index (κ2) is 8.64. The fourth-order valence-corrected chi connectivity index (χ4v) is 5.34. The number of nitrogen functional groups attached to an aromatic ring is 1. The molecule has 1 aliphatic heterocycles. The Hall–Kier alpha value is -3.02. The molecule has 9 nitrogen and oxygen atoms in total. The maximum absolute atomic E-state index is 13.2. The lowest BCUT2D eigenvalue weighted by molar-refractivity contribution is 0.0729. The van der Waals surface area contributed by atoms with Crippen molar-refractivity contribution in [3.8, 4) is 11.4 Å². The number of hydrogen-bond donors (Lipinski definition) is 3. The van der Waals surface area contributed by atoms with E-state index in [1.807, 2.05) is 4.90 Å². The van der Waals surface area contributed by atoms with Crippen molar-refractivity contribution in [3.05, 3.63) is 52.8 Å². The molecule has 2 amide bonds. The zero-order valence-electron chi connectivity index (χ0n) is 19.1. The van der Waals surface area contributed by atoms with Gasteiger partial charge in [0.1, 0.15) is 0 Å². The first-order valence-corrected chi connectivity index (χ1v) is 12.5. The second-order valence-electron chi connectivity index (χ2n) is 9.48. The standard InChI is InChI=1S/C24H26IN7O2/c1-24(2)11-14-12-27-23(26)29-18(14)19-17(24)20(31-30-19)21(33)28-16-5-3-13(4-6-16)22(34)32-9-7-15(25)8-10-32/h3-6,12,15H,7-11H2,1-2H3,(H,28,33)(H,30,31)(H2,26,27,29). The zero-order chi connectivity index (χ0) is 24.0. The van der Waals surface area contributed by atoms with Gasteiger partial charge in [-0.05, 0) is 54.5 Å². The van der Waals surface area contributed by atoms with Crippen LogP contribution in [0.3, 0.4) is 0 Å². The number of carbonyl (C=O) groups is 2. The van der Waals surface area contributed by atoms with E-state index in [-0.39, 0.29) is 23.2 Å². The van der Waals surface area contributed by atoms with Crippen LogP contribution in [0.5, 0.6) is 0 Å². The normalized spacial score (nSPS) is 17.1. The summed E-state index contributed by atoms with van der Waals surface area (Å²) in [7, 11) is 0. The number of halogens is 1. The number of piperidine rings is 1. The number of carbonyl (C=O) groups excluding carboxylic acids is 2. The molecule has 2 aliphatic rings. The highest BCUT2D eigenvalue weighted by atomic mass is 127. The highest BCUT2D eigenvalue weighted by Crippen LogP contribution is 2.42. The summed E-state index contributed by atoms with van der Waals surface area (Å²) < 4.78 is 0.635. The molecule has 176 valence electrons. The lowest BCUT2D eigenvalue weighted by atomic mass is 9.73. The Balaban J connectivity index is 1.35. The molecule has 3 heterocycles. The van der Waals surface area contributed by atoms with Crippen LogP contribution in [0, 0.1) is 0 Å². The molecular formula is C24H26IN7O2. The number of alkyl halides is 1. The third kappa shape index (κ3) is 4.15. The molecule has 0 unspecified atom stereocenters. The molecule has 0 spiro atoms. The predicted octanol–water partition coefficient (Wildman–Crippen LogP) is 3.57. The molecule has 1 fully saturated rings. The highest BCUT2D eigenvalue weighted by Gasteiger charge is 2.38. The lowest BCUT2D eigenvalue weighted by Gasteiger charge is -2.31. The Morgan fingerprint density at radius 2 is 1.91 bits per heavy atom. The minimum Gasteiger partial charge on any atom is -0.368 e. The highest BCUT2D eigenvalue weighted by molar-refractivity contribution is 14.1. The molecule has 0 radical (unpaired) electrons. The summed E-state index contributed by atoms with van der Waals surface area (Å²) in [6, 6.07) is 7.02. The molecule has 1 aromatic carbocycles. The summed E-state index contributed by atoms with van der Waals surface area (Å²) in [5, 5.41) is 10.2. The van der Waals surface area contributed by atoms with Gasteiger partial charge in [0, 0.05) is 40.0 Å². The number of aromatic nitrogens is 4. The van der Waals surface area contributed by atoms with Gasteiger partial charge >= 0.3 is 0 Å². The number of anilines is 2. The molecular weight excluding hydrogens is 545 g/mol. The maximum atomic E-state index is 13.2. The average molecular weight is 571 g/mol. The smallest absolute Gasteiger partial charge is 0.276 e. The number of benzene rings is 1. The Morgan fingerprint density at radius 1 is 1.21 bits per heavy atom. The molecule has 1 saturated heterocycles. The van der Waals surface area contributed by atoms with Gasteiger partial charge in [0.25, 0.3) is 11.8 Å². The van der Waals surface area contributed by atoms with Crippen molar-refractivity contribution in [1.82, 2.24) is 25.1 Å². The average Bonchev–Trinajstić information content (AvgIpc) is 3.27. The summed E-state index contributed by atoms with van der Waals surface area (Å²) in [4.78, 5) is 36.3. The Kier molecular flexibility index (Phi) is 5.78. The summed E-state index contributed by atoms with van der Waals surface area (Å²) in [5.41, 5.74) is 10.2. The molecule has 0 atom stereocenters. The van der Waals surface area contributed by atoms with Gasteiger partial charge in [0.05, 0.1) is 11.4 Å². The van der Waals surface area contributed by atoms with E-state index in [1.54, 1.807) is 30.5 Å². The number of hydrogen-bond acceptors (Lipinski definition) is 6. The predicted molar refractivity (Wildman–Crippen MR) is 138 cm³/mol. The van der Waals surface area contributed by atoms with Gasteiger partial charge in [-0.2, -0.15) is 5.10 Å². The van der Waals surface area contributed by atoms with Crippen molar-refractivity contribution in [2.75, 3.05) is 24.1 Å². The number of nitrogens with one attached hydrogen (secondary N) is 2. The molecule has 5 rings (SSSR count). The summed E-state index contributed by atoms with van der Waals surface area (Å²) in [5.74, 6) is -0.109. The summed E-state index contributed by atoms with van der Waals surface area (Å²) >= 11 is 2.44. The van der Waals surface area contributed by atoms with Crippen LogP contribution in [0.1, 0.15) is 58.7 Å². The first-order valence-electron chi connectivity index (χ1n) is 11.3. The van der Waals surface area contributed by atoms with Crippen LogP contribution >= 0.6 is 22.6 Å². The van der Waals surface area contributed by atoms with Gasteiger partial charge in [-0.15, -0.1) is 0 Å². The minimum atomic E-state index is -0.344. The number of rotatable bonds is 3. The SMILES string of the molecule is CC1(C)Cc2cnc(N)nc2-c2[nH]nc(C(=O)Nc3ccc(C(=O)N4CCC(I)CC4)cc3)c21. The van der Waals surface area contributed by atoms with E-state index < -0.39 is 0 Å². The number of aromatic amines is 1. The van der Waals surface area contributed by atoms with Crippen molar-refractivity contribution in [2.45, 2.75) is 42.4 Å². The largest absolute Gasteiger partial charge is 0.368 e. The van der Waals surface area contributed by atoms with Crippen LogP contribution in [-0.4, -0.2) is 53.9 Å². The van der Waals surface area contributed by atoms with Crippen molar-refractivity contribution in [2.24, 2.45) is 0 Å². The van der Waals surface area contributed by atoms with Gasteiger partial charge in [0.2, 0.25) is 5.95 Å². The van der Waals surface area contributed by atoms with E-state index in [0.29, 0.717) is 38.7 Å². The van der Waals surface area contributed by atoms with Crippen LogP contribution in [-0.2, 0) is 11.8 Å². The molecule has 10 heteroatoms. The molecule has 0 saturated carbocycles. The molecule has 34 heavy (non-hydrogen) atoms. The first-order chi connectivity index (χ1) is 16.2. The van der Waals surface area contributed by atoms with Gasteiger partial charge in [-0.25, -0.2) is 9.97 Å². The number of amides is 2. The van der Waals surface area contributed by atoms with Crippen molar-refractivity contribution < 1.29 is 9.59 Å². The first kappa shape index (κ1) is 22.8. The van der Waals surface area contributed by atoms with E-state index >= 15 is 0 Å². The summed E-state index contributed by atoms with van der Waals surface area (Å²) in [6.07, 6.45) is 4.44. The van der Waals surface area contributed by atoms with Gasteiger partial charge in [-0.1, -0.05) is 36.4 Å². The molecule has 4 N–H and O–H groups in total. The number of nitrogens with zero attached hydrogens (tertiary/aromatic N) is 4. The van der Waals surface area contributed by atoms with E-state index in [9.17, 15) is 9.59 Å². The topological polar surface area (TPSA) is 130 Å². The van der Waals surface area contributed by atoms with E-state index in [1.165, 1.54) is 0 Å². The van der Waals surface area contributed by atoms with Crippen LogP contribution in [0.2, 0.25) is 0 Å². The van der Waals surface area contributed by atoms with Gasteiger partial charge in [0.15, 0.2) is 5.69 Å². The van der Waals surface area contributed by atoms with Crippen LogP contribution in [0.15, 0.2) is 30.5 Å². The van der Waals surface area contributed by atoms with Crippen molar-refractivity contribution in [3.63, 3.8) is 0 Å². The minimum absolute atomic E-state index is 0.0317. The van der Waals surface area contributed by atoms with Crippen LogP contribution < -0.4 is 11.1 Å². The third-order valence-electron chi connectivity index (χ3n) is 6.51. The van der Waals surface area contributed by atoms with Gasteiger partial charge < -0.3 is 16.0 Å². The number of nitrogens with two attached hydrogens (primary N) is 1. The van der Waals surface area contributed by atoms with Crippen molar-refractivity contribution >= 4 is 46.0 Å². The van der Waals surface area contributed by atoms with Gasteiger partial charge in [-0.3, -0.25) is 14.7 Å². The lowest BCUT2D eigenvalue weighted by Crippen LogP contribution is -2.38. The molecule has 0 bridgehead atoms. The fraction of sp³-hybridized carbons (Fsp3) is 0.375. The maximum Gasteiger partial charge on any atom is 0.276 e. The van der Waals surface area contributed by atoms with E-state index in [2.05, 4.69) is 61.9 Å². The molecule has 3 aromatic rings. The zero-order valence-corrected chi connectivity index (χ0v) is 21.2. The fourth-order valence-electron chi connectivity index (χ4n) is 4.79. The monoisotopic (exact) mass is 571 g/mol. The Labute approximate surface area is 211 Å². The van der Waals surface area contributed by atoms with Crippen LogP contribution in [0.4, 0.5) is 11.6 Å². The molecule has 2 aromatic heterocycles. The second-order valence-corrected chi connectivity index (χ2v) is 11.2. The van der Waals surface area contributed by atoms with E-state index in [0.717, 1.165) is 37.1 Å². The summed E-state index contributed by atoms with van der Waals surface area (Å²) in [6.45, 7) is 5.70. The quantitative estimate of drug-likeness (QED) is 0.326. The Bertz CT molecular complexity index is 1260. The molecule has 1 aliphatic carbocycles. The number of fused-ring (bicyclic) bond motifs is 3. The van der Waals surface area contributed by atoms with Crippen LogP contribution in [0.25, 0.3) is 11.4 Å². The van der Waals surface area contributed by atoms with E-state index in [4.69, 9.17) is 5.73 Å². The number of H-pyrrole nitrogens is 1. The van der Waals surface area contributed by atoms with Crippen molar-refractivity contribution in [1.29, 1.82) is 0 Å². The Morgan fingerprint density at radius 3 is 2.62 bits per heavy atom. The third-order valence-corrected chi connectivity index (χ3v) is 7.76. The number of likely N-dealkylation sites (tertiary alicyclic amines) is 1.